The van der Waals surface area contributed by atoms with E-state index in [1.54, 1.807) is 12.1 Å². The van der Waals surface area contributed by atoms with Crippen molar-refractivity contribution in [3.8, 4) is 17.2 Å². The number of ether oxygens (including phenoxy) is 4. The van der Waals surface area contributed by atoms with E-state index < -0.39 is 12.1 Å². The summed E-state index contributed by atoms with van der Waals surface area (Å²) in [5, 5.41) is -0.0179. The molecule has 0 fully saturated rings. The molecular formula is C13H12Cl2O5. The molecular weight excluding hydrogens is 307 g/mol. The summed E-state index contributed by atoms with van der Waals surface area (Å²) >= 11 is 11.8. The first-order chi connectivity index (χ1) is 9.53. The number of hydrogen-bond acceptors (Lipinski definition) is 5. The number of carbonyl (C=O) groups excluding carboxylic acids is 1. The van der Waals surface area contributed by atoms with Gasteiger partial charge in [0.05, 0.1) is 26.4 Å². The second kappa shape index (κ2) is 5.81. The molecule has 1 aliphatic rings. The van der Waals surface area contributed by atoms with Crippen LogP contribution < -0.4 is 14.2 Å². The van der Waals surface area contributed by atoms with Crippen molar-refractivity contribution in [1.82, 2.24) is 0 Å². The molecule has 5 nitrogen and oxygen atoms in total. The number of methoxy groups -OCH3 is 3. The first kappa shape index (κ1) is 14.8. The summed E-state index contributed by atoms with van der Waals surface area (Å²) in [7, 11) is 4.50. The maximum absolute atomic E-state index is 11.5. The molecule has 0 amide bonds. The van der Waals surface area contributed by atoms with Crippen LogP contribution in [0.4, 0.5) is 0 Å². The van der Waals surface area contributed by atoms with Crippen LogP contribution in [0.3, 0.4) is 0 Å². The van der Waals surface area contributed by atoms with Crippen molar-refractivity contribution in [2.75, 3.05) is 21.3 Å². The zero-order valence-electron chi connectivity index (χ0n) is 11.0. The van der Waals surface area contributed by atoms with E-state index in [0.717, 1.165) is 0 Å². The molecule has 1 heterocycles. The van der Waals surface area contributed by atoms with E-state index in [0.29, 0.717) is 22.8 Å². The summed E-state index contributed by atoms with van der Waals surface area (Å²) in [5.74, 6) is 0.735. The van der Waals surface area contributed by atoms with Crippen LogP contribution in [-0.4, -0.2) is 27.3 Å². The molecule has 7 heteroatoms. The predicted molar refractivity (Wildman–Crippen MR) is 73.7 cm³/mol. The summed E-state index contributed by atoms with van der Waals surface area (Å²) < 4.78 is 20.8. The van der Waals surface area contributed by atoms with Crippen LogP contribution in [0, 0.1) is 0 Å². The molecule has 0 bridgehead atoms. The molecule has 0 N–H and O–H groups in total. The van der Waals surface area contributed by atoms with E-state index >= 15 is 0 Å². The van der Waals surface area contributed by atoms with Gasteiger partial charge in [-0.3, -0.25) is 0 Å². The van der Waals surface area contributed by atoms with Gasteiger partial charge in [-0.1, -0.05) is 23.2 Å². The fourth-order valence-corrected chi connectivity index (χ4v) is 2.26. The molecule has 1 aromatic rings. The van der Waals surface area contributed by atoms with E-state index in [4.69, 9.17) is 42.1 Å². The average Bonchev–Trinajstić information content (AvgIpc) is 2.73. The SMILES string of the molecule is COc1cc(OC)c(C2OC(=O)C(Cl)=C2Cl)cc1OC. The van der Waals surface area contributed by atoms with E-state index in [2.05, 4.69) is 0 Å². The summed E-state index contributed by atoms with van der Waals surface area (Å²) in [6.45, 7) is 0. The number of halogens is 2. The minimum atomic E-state index is -0.813. The highest BCUT2D eigenvalue weighted by molar-refractivity contribution is 6.48. The summed E-state index contributed by atoms with van der Waals surface area (Å²) in [6.07, 6.45) is -0.813. The number of carbonyl (C=O) groups is 1. The van der Waals surface area contributed by atoms with Gasteiger partial charge in [-0.25, -0.2) is 4.79 Å². The molecule has 0 aliphatic carbocycles. The van der Waals surface area contributed by atoms with Crippen LogP contribution in [0.2, 0.25) is 0 Å². The molecule has 0 saturated heterocycles. The van der Waals surface area contributed by atoms with Gasteiger partial charge in [0.1, 0.15) is 10.8 Å². The first-order valence-electron chi connectivity index (χ1n) is 5.59. The van der Waals surface area contributed by atoms with Crippen LogP contribution >= 0.6 is 23.2 Å². The van der Waals surface area contributed by atoms with Gasteiger partial charge in [0.15, 0.2) is 17.6 Å². The Morgan fingerprint density at radius 3 is 2.00 bits per heavy atom. The van der Waals surface area contributed by atoms with Crippen molar-refractivity contribution in [1.29, 1.82) is 0 Å². The van der Waals surface area contributed by atoms with Crippen molar-refractivity contribution in [2.45, 2.75) is 6.10 Å². The third kappa shape index (κ3) is 2.39. The van der Waals surface area contributed by atoms with E-state index in [1.165, 1.54) is 21.3 Å². The van der Waals surface area contributed by atoms with Gasteiger partial charge in [0.2, 0.25) is 0 Å². The molecule has 0 spiro atoms. The lowest BCUT2D eigenvalue weighted by Gasteiger charge is -2.17. The van der Waals surface area contributed by atoms with Gasteiger partial charge in [-0.15, -0.1) is 0 Å². The number of benzene rings is 1. The summed E-state index contributed by atoms with van der Waals surface area (Å²) in [5.41, 5.74) is 0.527. The van der Waals surface area contributed by atoms with Crippen LogP contribution in [0.1, 0.15) is 11.7 Å². The number of esters is 1. The normalized spacial score (nSPS) is 18.1. The van der Waals surface area contributed by atoms with Crippen LogP contribution in [0.15, 0.2) is 22.2 Å². The molecule has 0 radical (unpaired) electrons. The van der Waals surface area contributed by atoms with Gasteiger partial charge in [0.25, 0.3) is 0 Å². The van der Waals surface area contributed by atoms with Crippen molar-refractivity contribution in [3.05, 3.63) is 27.8 Å². The highest BCUT2D eigenvalue weighted by atomic mass is 35.5. The maximum Gasteiger partial charge on any atom is 0.352 e. The zero-order valence-corrected chi connectivity index (χ0v) is 12.5. The average molecular weight is 319 g/mol. The lowest BCUT2D eigenvalue weighted by atomic mass is 10.1. The Bertz CT molecular complexity index is 582. The van der Waals surface area contributed by atoms with E-state index in [-0.39, 0.29) is 10.1 Å². The zero-order chi connectivity index (χ0) is 14.9. The molecule has 0 aromatic heterocycles. The second-order valence-corrected chi connectivity index (χ2v) is 4.68. The first-order valence-corrected chi connectivity index (χ1v) is 6.35. The number of hydrogen-bond donors (Lipinski definition) is 0. The van der Waals surface area contributed by atoms with Crippen LogP contribution in [0.5, 0.6) is 17.2 Å². The van der Waals surface area contributed by atoms with Gasteiger partial charge >= 0.3 is 5.97 Å². The lowest BCUT2D eigenvalue weighted by molar-refractivity contribution is -0.139. The van der Waals surface area contributed by atoms with Gasteiger partial charge in [-0.05, 0) is 6.07 Å². The Labute approximate surface area is 126 Å². The molecule has 2 rings (SSSR count). The van der Waals surface area contributed by atoms with Gasteiger partial charge < -0.3 is 18.9 Å². The van der Waals surface area contributed by atoms with Crippen LogP contribution in [-0.2, 0) is 9.53 Å². The van der Waals surface area contributed by atoms with Gasteiger partial charge in [-0.2, -0.15) is 0 Å². The molecule has 20 heavy (non-hydrogen) atoms. The summed E-state index contributed by atoms with van der Waals surface area (Å²) in [4.78, 5) is 11.5. The predicted octanol–water partition coefficient (Wildman–Crippen LogP) is 3.00. The molecule has 1 aromatic carbocycles. The van der Waals surface area contributed by atoms with Crippen LogP contribution in [0.25, 0.3) is 0 Å². The Hall–Kier alpha value is -1.59. The Morgan fingerprint density at radius 1 is 1.00 bits per heavy atom. The molecule has 1 atom stereocenters. The van der Waals surface area contributed by atoms with E-state index in [9.17, 15) is 4.79 Å². The molecule has 1 unspecified atom stereocenters. The van der Waals surface area contributed by atoms with Crippen molar-refractivity contribution in [2.24, 2.45) is 0 Å². The van der Waals surface area contributed by atoms with Crippen molar-refractivity contribution in [3.63, 3.8) is 0 Å². The topological polar surface area (TPSA) is 54.0 Å². The number of rotatable bonds is 4. The number of cyclic esters (lactones) is 1. The third-order valence-electron chi connectivity index (χ3n) is 2.86. The minimum Gasteiger partial charge on any atom is -0.496 e. The second-order valence-electron chi connectivity index (χ2n) is 3.90. The Morgan fingerprint density at radius 2 is 1.55 bits per heavy atom. The third-order valence-corrected chi connectivity index (χ3v) is 3.70. The smallest absolute Gasteiger partial charge is 0.352 e. The summed E-state index contributed by atoms with van der Waals surface area (Å²) in [6, 6.07) is 3.26. The molecule has 1 aliphatic heterocycles. The minimum absolute atomic E-state index is 0.113. The standard InChI is InChI=1S/C13H12Cl2O5/c1-17-7-5-9(19-3)8(18-2)4-6(7)12-10(14)11(15)13(16)20-12/h4-5,12H,1-3H3. The quantitative estimate of drug-likeness (QED) is 0.799. The van der Waals surface area contributed by atoms with E-state index in [1.807, 2.05) is 0 Å². The lowest BCUT2D eigenvalue weighted by Crippen LogP contribution is -2.05. The maximum atomic E-state index is 11.5. The fourth-order valence-electron chi connectivity index (χ4n) is 1.88. The van der Waals surface area contributed by atoms with Crippen molar-refractivity contribution >= 4 is 29.2 Å². The van der Waals surface area contributed by atoms with Crippen molar-refractivity contribution < 1.29 is 23.7 Å². The monoisotopic (exact) mass is 318 g/mol. The highest BCUT2D eigenvalue weighted by Crippen LogP contribution is 2.45. The Balaban J connectivity index is 2.54. The Kier molecular flexibility index (Phi) is 4.30. The molecule has 0 saturated carbocycles. The largest absolute Gasteiger partial charge is 0.496 e. The molecule has 108 valence electrons. The fraction of sp³-hybridized carbons (Fsp3) is 0.308. The van der Waals surface area contributed by atoms with Gasteiger partial charge in [0, 0.05) is 11.6 Å². The highest BCUT2D eigenvalue weighted by Gasteiger charge is 2.35.